The maximum absolute atomic E-state index is 4.32. The van der Waals surface area contributed by atoms with Gasteiger partial charge in [0.25, 0.3) is 0 Å². The van der Waals surface area contributed by atoms with E-state index in [2.05, 4.69) is 29.1 Å². The number of H-pyrrole nitrogens is 1. The van der Waals surface area contributed by atoms with Crippen molar-refractivity contribution in [2.75, 3.05) is 12.8 Å². The smallest absolute Gasteiger partial charge is 0.116 e. The lowest BCUT2D eigenvalue weighted by Crippen LogP contribution is -2.05. The summed E-state index contributed by atoms with van der Waals surface area (Å²) in [6, 6.07) is 0. The van der Waals surface area contributed by atoms with Gasteiger partial charge in [-0.05, 0) is 18.7 Å². The monoisotopic (exact) mass is 213 g/mol. The average Bonchev–Trinajstić information content (AvgIpc) is 2.53. The van der Waals surface area contributed by atoms with Gasteiger partial charge in [0.1, 0.15) is 5.82 Å². The van der Waals surface area contributed by atoms with Crippen LogP contribution in [-0.4, -0.2) is 22.8 Å². The topological polar surface area (TPSA) is 40.7 Å². The fourth-order valence-corrected chi connectivity index (χ4v) is 2.08. The van der Waals surface area contributed by atoms with Gasteiger partial charge < -0.3 is 10.3 Å². The Morgan fingerprint density at radius 2 is 2.36 bits per heavy atom. The van der Waals surface area contributed by atoms with E-state index in [0.29, 0.717) is 0 Å². The molecule has 0 aliphatic carbocycles. The van der Waals surface area contributed by atoms with Crippen LogP contribution in [0.4, 0.5) is 0 Å². The van der Waals surface area contributed by atoms with Crippen LogP contribution in [0.3, 0.4) is 0 Å². The van der Waals surface area contributed by atoms with Gasteiger partial charge in [-0.3, -0.25) is 0 Å². The predicted molar refractivity (Wildman–Crippen MR) is 62.4 cm³/mol. The van der Waals surface area contributed by atoms with Gasteiger partial charge in [-0.25, -0.2) is 4.98 Å². The molecule has 3 nitrogen and oxygen atoms in total. The predicted octanol–water partition coefficient (Wildman–Crippen LogP) is 2.02. The summed E-state index contributed by atoms with van der Waals surface area (Å²) in [5.41, 5.74) is 1.16. The van der Waals surface area contributed by atoms with E-state index in [9.17, 15) is 0 Å². The van der Waals surface area contributed by atoms with Crippen LogP contribution in [-0.2, 0) is 12.3 Å². The van der Waals surface area contributed by atoms with Crippen molar-refractivity contribution in [1.29, 1.82) is 0 Å². The van der Waals surface area contributed by atoms with Crippen LogP contribution >= 0.6 is 11.8 Å². The van der Waals surface area contributed by atoms with Crippen molar-refractivity contribution in [3.63, 3.8) is 0 Å². The van der Waals surface area contributed by atoms with E-state index in [1.807, 2.05) is 25.0 Å². The maximum atomic E-state index is 4.32. The first-order chi connectivity index (χ1) is 6.72. The van der Waals surface area contributed by atoms with Crippen molar-refractivity contribution >= 4 is 11.8 Å². The Morgan fingerprint density at radius 3 is 3.00 bits per heavy atom. The molecule has 0 bridgehead atoms. The Balaban J connectivity index is 2.28. The number of aromatic amines is 1. The summed E-state index contributed by atoms with van der Waals surface area (Å²) in [7, 11) is 1.94. The van der Waals surface area contributed by atoms with Gasteiger partial charge in [0.2, 0.25) is 0 Å². The number of nitrogens with one attached hydrogen (secondary N) is 2. The molecule has 0 aliphatic heterocycles. The Morgan fingerprint density at radius 1 is 1.57 bits per heavy atom. The Hall–Kier alpha value is -0.480. The van der Waals surface area contributed by atoms with E-state index in [0.717, 1.165) is 29.7 Å². The Kier molecular flexibility index (Phi) is 5.04. The molecular formula is C10H19N3S. The molecule has 0 spiro atoms. The van der Waals surface area contributed by atoms with Gasteiger partial charge in [0.05, 0.1) is 5.75 Å². The molecule has 0 fully saturated rings. The summed E-state index contributed by atoms with van der Waals surface area (Å²) in [4.78, 5) is 7.61. The summed E-state index contributed by atoms with van der Waals surface area (Å²) in [5.74, 6) is 4.02. The van der Waals surface area contributed by atoms with Crippen LogP contribution in [0.15, 0.2) is 6.20 Å². The van der Waals surface area contributed by atoms with Gasteiger partial charge in [0.15, 0.2) is 0 Å². The summed E-state index contributed by atoms with van der Waals surface area (Å²) in [6.07, 6.45) is 1.90. The molecule has 0 aromatic carbocycles. The van der Waals surface area contributed by atoms with Crippen LogP contribution in [0.25, 0.3) is 0 Å². The molecule has 2 N–H and O–H groups in total. The Bertz CT molecular complexity index is 258. The fourth-order valence-electron chi connectivity index (χ4n) is 1.15. The van der Waals surface area contributed by atoms with Crippen molar-refractivity contribution < 1.29 is 0 Å². The molecule has 1 aromatic heterocycles. The van der Waals surface area contributed by atoms with Crippen LogP contribution in [0.5, 0.6) is 0 Å². The third-order valence-corrected chi connectivity index (χ3v) is 3.12. The molecule has 0 atom stereocenters. The highest BCUT2D eigenvalue weighted by Gasteiger charge is 2.00. The minimum atomic E-state index is 0.756. The normalized spacial score (nSPS) is 11.1. The second-order valence-corrected chi connectivity index (χ2v) is 4.82. The maximum Gasteiger partial charge on any atom is 0.116 e. The number of hydrogen-bond donors (Lipinski definition) is 2. The first-order valence-electron chi connectivity index (χ1n) is 4.97. The number of hydrogen-bond acceptors (Lipinski definition) is 3. The molecule has 0 aliphatic rings. The molecule has 14 heavy (non-hydrogen) atoms. The van der Waals surface area contributed by atoms with Crippen molar-refractivity contribution in [2.45, 2.75) is 26.1 Å². The molecule has 4 heteroatoms. The minimum absolute atomic E-state index is 0.756. The molecule has 1 heterocycles. The number of imidazole rings is 1. The van der Waals surface area contributed by atoms with E-state index in [1.54, 1.807) is 0 Å². The highest BCUT2D eigenvalue weighted by Crippen LogP contribution is 2.12. The quantitative estimate of drug-likeness (QED) is 0.759. The molecule has 80 valence electrons. The van der Waals surface area contributed by atoms with Gasteiger partial charge in [-0.15, -0.1) is 0 Å². The van der Waals surface area contributed by atoms with Gasteiger partial charge in [-0.1, -0.05) is 13.8 Å². The van der Waals surface area contributed by atoms with Crippen LogP contribution in [0.2, 0.25) is 0 Å². The molecule has 0 unspecified atom stereocenters. The lowest BCUT2D eigenvalue weighted by atomic mass is 10.3. The number of thioether (sulfide) groups is 1. The molecule has 1 rings (SSSR count). The van der Waals surface area contributed by atoms with E-state index in [-0.39, 0.29) is 0 Å². The number of nitrogens with zero attached hydrogens (tertiary/aromatic N) is 1. The third kappa shape index (κ3) is 4.15. The van der Waals surface area contributed by atoms with E-state index in [1.165, 1.54) is 5.75 Å². The van der Waals surface area contributed by atoms with E-state index >= 15 is 0 Å². The first-order valence-corrected chi connectivity index (χ1v) is 6.13. The lowest BCUT2D eigenvalue weighted by Gasteiger charge is -2.01. The zero-order valence-electron chi connectivity index (χ0n) is 9.13. The lowest BCUT2D eigenvalue weighted by molar-refractivity contribution is 0.749. The highest BCUT2D eigenvalue weighted by atomic mass is 32.2. The van der Waals surface area contributed by atoms with Gasteiger partial charge in [0, 0.05) is 18.4 Å². The first kappa shape index (κ1) is 11.6. The zero-order valence-corrected chi connectivity index (χ0v) is 9.95. The third-order valence-electron chi connectivity index (χ3n) is 1.74. The van der Waals surface area contributed by atoms with Crippen LogP contribution in [0, 0.1) is 5.92 Å². The van der Waals surface area contributed by atoms with Gasteiger partial charge in [-0.2, -0.15) is 11.8 Å². The fraction of sp³-hybridized carbons (Fsp3) is 0.700. The molecule has 0 radical (unpaired) electrons. The van der Waals surface area contributed by atoms with Crippen molar-refractivity contribution in [1.82, 2.24) is 15.3 Å². The largest absolute Gasteiger partial charge is 0.344 e. The molecule has 0 saturated carbocycles. The number of aromatic nitrogens is 2. The minimum Gasteiger partial charge on any atom is -0.344 e. The summed E-state index contributed by atoms with van der Waals surface area (Å²) < 4.78 is 0. The highest BCUT2D eigenvalue weighted by molar-refractivity contribution is 7.98. The average molecular weight is 213 g/mol. The van der Waals surface area contributed by atoms with E-state index < -0.39 is 0 Å². The molecular weight excluding hydrogens is 194 g/mol. The molecule has 0 amide bonds. The SMILES string of the molecule is CNCc1cnc(CSCC(C)C)[nH]1. The van der Waals surface area contributed by atoms with E-state index in [4.69, 9.17) is 0 Å². The zero-order chi connectivity index (χ0) is 10.4. The van der Waals surface area contributed by atoms with Crippen LogP contribution in [0.1, 0.15) is 25.4 Å². The molecule has 0 saturated heterocycles. The van der Waals surface area contributed by atoms with Crippen molar-refractivity contribution in [3.8, 4) is 0 Å². The van der Waals surface area contributed by atoms with Crippen molar-refractivity contribution in [3.05, 3.63) is 17.7 Å². The molecule has 1 aromatic rings. The summed E-state index contributed by atoms with van der Waals surface area (Å²) in [6.45, 7) is 5.34. The Labute approximate surface area is 90.1 Å². The van der Waals surface area contributed by atoms with Gasteiger partial charge >= 0.3 is 0 Å². The van der Waals surface area contributed by atoms with Crippen molar-refractivity contribution in [2.24, 2.45) is 5.92 Å². The second kappa shape index (κ2) is 6.09. The second-order valence-electron chi connectivity index (χ2n) is 3.79. The summed E-state index contributed by atoms with van der Waals surface area (Å²) >= 11 is 1.93. The summed E-state index contributed by atoms with van der Waals surface area (Å²) in [5, 5.41) is 3.09. The van der Waals surface area contributed by atoms with Crippen LogP contribution < -0.4 is 5.32 Å². The number of rotatable bonds is 6. The standard InChI is InChI=1S/C10H19N3S/c1-8(2)6-14-7-10-12-5-9(13-10)4-11-3/h5,8,11H,4,6-7H2,1-3H3,(H,12,13).